The Morgan fingerprint density at radius 1 is 1.23 bits per heavy atom. The zero-order valence-corrected chi connectivity index (χ0v) is 8.35. The Kier molecular flexibility index (Phi) is 6.73. The summed E-state index contributed by atoms with van der Waals surface area (Å²) in [7, 11) is 0. The molecule has 0 aliphatic rings. The summed E-state index contributed by atoms with van der Waals surface area (Å²) in [4.78, 5) is 10.8. The van der Waals surface area contributed by atoms with Gasteiger partial charge in [-0.25, -0.2) is 8.78 Å². The van der Waals surface area contributed by atoms with Gasteiger partial charge >= 0.3 is 0 Å². The minimum atomic E-state index is -2.49. The van der Waals surface area contributed by atoms with Crippen LogP contribution < -0.4 is 0 Å². The number of halogens is 2. The lowest BCUT2D eigenvalue weighted by molar-refractivity contribution is -0.125. The maximum atomic E-state index is 12.2. The predicted molar refractivity (Wildman–Crippen MR) is 48.9 cm³/mol. The fraction of sp³-hybridized carbons (Fsp3) is 0.900. The Balaban J connectivity index is 3.64. The van der Waals surface area contributed by atoms with Crippen LogP contribution in [0.4, 0.5) is 8.78 Å². The molecule has 0 saturated heterocycles. The average Bonchev–Trinajstić information content (AvgIpc) is 2.02. The van der Waals surface area contributed by atoms with E-state index in [0.717, 1.165) is 25.7 Å². The number of Topliss-reactive ketones (excluding diaryl/α,β-unsaturated/α-hetero) is 1. The molecule has 0 aliphatic carbocycles. The molecule has 0 N–H and O–H groups in total. The summed E-state index contributed by atoms with van der Waals surface area (Å²) in [6.07, 6.45) is 1.69. The topological polar surface area (TPSA) is 17.1 Å². The maximum Gasteiger partial charge on any atom is 0.248 e. The highest BCUT2D eigenvalue weighted by Gasteiger charge is 2.23. The molecular formula is C10H18F2O. The molecule has 3 heteroatoms. The van der Waals surface area contributed by atoms with Crippen molar-refractivity contribution in [3.05, 3.63) is 0 Å². The molecule has 0 saturated carbocycles. The van der Waals surface area contributed by atoms with Gasteiger partial charge in [0, 0.05) is 0 Å². The SMILES string of the molecule is CCCCCCC(C(C)=O)C(F)F. The highest BCUT2D eigenvalue weighted by atomic mass is 19.3. The van der Waals surface area contributed by atoms with E-state index >= 15 is 0 Å². The van der Waals surface area contributed by atoms with E-state index in [1.165, 1.54) is 6.92 Å². The van der Waals surface area contributed by atoms with E-state index in [9.17, 15) is 13.6 Å². The van der Waals surface area contributed by atoms with E-state index in [1.807, 2.05) is 0 Å². The summed E-state index contributed by atoms with van der Waals surface area (Å²) < 4.78 is 24.5. The first-order valence-corrected chi connectivity index (χ1v) is 4.88. The Labute approximate surface area is 78.5 Å². The molecule has 0 aromatic rings. The van der Waals surface area contributed by atoms with Crippen LogP contribution in [-0.4, -0.2) is 12.2 Å². The first-order chi connectivity index (χ1) is 6.09. The number of rotatable bonds is 7. The van der Waals surface area contributed by atoms with Gasteiger partial charge in [0.1, 0.15) is 5.78 Å². The highest BCUT2D eigenvalue weighted by Crippen LogP contribution is 2.18. The van der Waals surface area contributed by atoms with Crippen molar-refractivity contribution in [2.75, 3.05) is 0 Å². The van der Waals surface area contributed by atoms with E-state index in [0.29, 0.717) is 6.42 Å². The number of hydrogen-bond donors (Lipinski definition) is 0. The van der Waals surface area contributed by atoms with Gasteiger partial charge in [-0.15, -0.1) is 0 Å². The molecule has 0 aromatic carbocycles. The second kappa shape index (κ2) is 6.98. The smallest absolute Gasteiger partial charge is 0.248 e. The van der Waals surface area contributed by atoms with E-state index in [-0.39, 0.29) is 5.78 Å². The third kappa shape index (κ3) is 5.72. The van der Waals surface area contributed by atoms with Crippen LogP contribution in [0.15, 0.2) is 0 Å². The molecule has 0 aliphatic heterocycles. The molecule has 78 valence electrons. The monoisotopic (exact) mass is 192 g/mol. The molecule has 0 amide bonds. The first-order valence-electron chi connectivity index (χ1n) is 4.88. The molecule has 0 fully saturated rings. The normalized spacial score (nSPS) is 13.3. The number of unbranched alkanes of at least 4 members (excludes halogenated alkanes) is 3. The van der Waals surface area contributed by atoms with Crippen molar-refractivity contribution in [2.45, 2.75) is 52.4 Å². The first kappa shape index (κ1) is 12.5. The van der Waals surface area contributed by atoms with Crippen molar-refractivity contribution in [1.29, 1.82) is 0 Å². The third-order valence-electron chi connectivity index (χ3n) is 2.20. The summed E-state index contributed by atoms with van der Waals surface area (Å²) in [6, 6.07) is 0. The van der Waals surface area contributed by atoms with Crippen molar-refractivity contribution < 1.29 is 13.6 Å². The fourth-order valence-electron chi connectivity index (χ4n) is 1.30. The summed E-state index contributed by atoms with van der Waals surface area (Å²) in [6.45, 7) is 3.31. The minimum Gasteiger partial charge on any atom is -0.299 e. The van der Waals surface area contributed by atoms with Crippen LogP contribution in [0.2, 0.25) is 0 Å². The molecule has 0 bridgehead atoms. The average molecular weight is 192 g/mol. The van der Waals surface area contributed by atoms with Crippen molar-refractivity contribution in [3.8, 4) is 0 Å². The third-order valence-corrected chi connectivity index (χ3v) is 2.20. The van der Waals surface area contributed by atoms with Gasteiger partial charge in [0.05, 0.1) is 5.92 Å². The second-order valence-electron chi connectivity index (χ2n) is 3.40. The van der Waals surface area contributed by atoms with E-state index in [1.54, 1.807) is 0 Å². The van der Waals surface area contributed by atoms with Gasteiger partial charge in [0.15, 0.2) is 0 Å². The molecule has 0 aromatic heterocycles. The lowest BCUT2D eigenvalue weighted by Crippen LogP contribution is -2.19. The van der Waals surface area contributed by atoms with E-state index < -0.39 is 12.3 Å². The zero-order valence-electron chi connectivity index (χ0n) is 8.35. The van der Waals surface area contributed by atoms with Crippen LogP contribution >= 0.6 is 0 Å². The summed E-state index contributed by atoms with van der Waals surface area (Å²) in [5.41, 5.74) is 0. The lowest BCUT2D eigenvalue weighted by atomic mass is 9.98. The van der Waals surface area contributed by atoms with Gasteiger partial charge in [-0.2, -0.15) is 0 Å². The van der Waals surface area contributed by atoms with Crippen LogP contribution in [0.3, 0.4) is 0 Å². The van der Waals surface area contributed by atoms with Crippen LogP contribution in [0.1, 0.15) is 46.0 Å². The zero-order chi connectivity index (χ0) is 10.3. The van der Waals surface area contributed by atoms with Gasteiger partial charge in [-0.1, -0.05) is 32.6 Å². The Hall–Kier alpha value is -0.470. The quantitative estimate of drug-likeness (QED) is 0.565. The number of carbonyl (C=O) groups excluding carboxylic acids is 1. The summed E-state index contributed by atoms with van der Waals surface area (Å²) >= 11 is 0. The molecule has 13 heavy (non-hydrogen) atoms. The maximum absolute atomic E-state index is 12.2. The molecule has 1 nitrogen and oxygen atoms in total. The van der Waals surface area contributed by atoms with Crippen LogP contribution in [0.5, 0.6) is 0 Å². The van der Waals surface area contributed by atoms with Crippen molar-refractivity contribution in [1.82, 2.24) is 0 Å². The number of ketones is 1. The molecule has 0 heterocycles. The van der Waals surface area contributed by atoms with Crippen LogP contribution in [-0.2, 0) is 4.79 Å². The Bertz CT molecular complexity index is 146. The van der Waals surface area contributed by atoms with Gasteiger partial charge in [0.25, 0.3) is 0 Å². The van der Waals surface area contributed by atoms with Crippen molar-refractivity contribution >= 4 is 5.78 Å². The predicted octanol–water partition coefficient (Wildman–Crippen LogP) is 3.43. The summed E-state index contributed by atoms with van der Waals surface area (Å²) in [5, 5.41) is 0. The Morgan fingerprint density at radius 3 is 2.23 bits per heavy atom. The number of carbonyl (C=O) groups is 1. The van der Waals surface area contributed by atoms with Gasteiger partial charge in [-0.3, -0.25) is 4.79 Å². The summed E-state index contributed by atoms with van der Waals surface area (Å²) in [5.74, 6) is -1.41. The van der Waals surface area contributed by atoms with Gasteiger partial charge in [0.2, 0.25) is 6.43 Å². The largest absolute Gasteiger partial charge is 0.299 e. The highest BCUT2D eigenvalue weighted by molar-refractivity contribution is 5.78. The van der Waals surface area contributed by atoms with E-state index in [2.05, 4.69) is 6.92 Å². The minimum absolute atomic E-state index is 0.340. The molecule has 0 spiro atoms. The standard InChI is InChI=1S/C10H18F2O/c1-3-4-5-6-7-9(8(2)13)10(11)12/h9-10H,3-7H2,1-2H3. The van der Waals surface area contributed by atoms with E-state index in [4.69, 9.17) is 0 Å². The number of hydrogen-bond acceptors (Lipinski definition) is 1. The lowest BCUT2D eigenvalue weighted by Gasteiger charge is -2.11. The molecule has 1 atom stereocenters. The van der Waals surface area contributed by atoms with Crippen molar-refractivity contribution in [2.24, 2.45) is 5.92 Å². The van der Waals surface area contributed by atoms with Gasteiger partial charge in [-0.05, 0) is 13.3 Å². The second-order valence-corrected chi connectivity index (χ2v) is 3.40. The fourth-order valence-corrected chi connectivity index (χ4v) is 1.30. The Morgan fingerprint density at radius 2 is 1.85 bits per heavy atom. The molecule has 0 rings (SSSR count). The van der Waals surface area contributed by atoms with Gasteiger partial charge < -0.3 is 0 Å². The molecule has 0 radical (unpaired) electrons. The van der Waals surface area contributed by atoms with Crippen LogP contribution in [0.25, 0.3) is 0 Å². The van der Waals surface area contributed by atoms with Crippen molar-refractivity contribution in [3.63, 3.8) is 0 Å². The molecular weight excluding hydrogens is 174 g/mol. The molecule has 1 unspecified atom stereocenters. The number of alkyl halides is 2. The van der Waals surface area contributed by atoms with Crippen LogP contribution in [0, 0.1) is 5.92 Å².